The van der Waals surface area contributed by atoms with Crippen LogP contribution in [0.15, 0.2) is 29.8 Å². The summed E-state index contributed by atoms with van der Waals surface area (Å²) in [5.41, 5.74) is 0.998. The van der Waals surface area contributed by atoms with Gasteiger partial charge >= 0.3 is 0 Å². The van der Waals surface area contributed by atoms with Crippen molar-refractivity contribution in [1.82, 2.24) is 9.88 Å². The number of aromatic nitrogens is 1. The molecule has 5 heteroatoms. The van der Waals surface area contributed by atoms with E-state index in [2.05, 4.69) is 4.98 Å². The fourth-order valence-corrected chi connectivity index (χ4v) is 2.16. The van der Waals surface area contributed by atoms with Crippen LogP contribution in [0.2, 0.25) is 0 Å². The van der Waals surface area contributed by atoms with Gasteiger partial charge in [0.05, 0.1) is 0 Å². The molecule has 20 heavy (non-hydrogen) atoms. The van der Waals surface area contributed by atoms with Crippen LogP contribution in [0.4, 0.5) is 4.39 Å². The molecule has 1 amide bonds. The molecule has 0 atom stereocenters. The normalized spacial score (nSPS) is 15.8. The average Bonchev–Trinajstić information content (AvgIpc) is 2.38. The van der Waals surface area contributed by atoms with Crippen LogP contribution in [0.1, 0.15) is 26.7 Å². The van der Waals surface area contributed by atoms with Crippen molar-refractivity contribution >= 4 is 5.91 Å². The molecular formula is C15H19FN2O2. The molecule has 4 nitrogen and oxygen atoms in total. The number of piperidine rings is 1. The monoisotopic (exact) mass is 278 g/mol. The fraction of sp³-hybridized carbons (Fsp3) is 0.467. The number of amides is 1. The van der Waals surface area contributed by atoms with Gasteiger partial charge in [-0.1, -0.05) is 11.6 Å². The highest BCUT2D eigenvalue weighted by molar-refractivity contribution is 5.88. The summed E-state index contributed by atoms with van der Waals surface area (Å²) < 4.78 is 18.6. The lowest BCUT2D eigenvalue weighted by molar-refractivity contribution is -0.127. The van der Waals surface area contributed by atoms with Crippen LogP contribution < -0.4 is 4.74 Å². The Bertz CT molecular complexity index is 504. The van der Waals surface area contributed by atoms with Crippen LogP contribution in [0, 0.1) is 5.95 Å². The molecule has 1 aliphatic heterocycles. The summed E-state index contributed by atoms with van der Waals surface area (Å²) in [5, 5.41) is 0. The van der Waals surface area contributed by atoms with Crippen LogP contribution in [0.25, 0.3) is 0 Å². The van der Waals surface area contributed by atoms with E-state index < -0.39 is 5.95 Å². The zero-order valence-corrected chi connectivity index (χ0v) is 11.8. The molecule has 0 N–H and O–H groups in total. The zero-order chi connectivity index (χ0) is 14.5. The van der Waals surface area contributed by atoms with E-state index in [0.717, 1.165) is 18.4 Å². The Kier molecular flexibility index (Phi) is 4.71. The van der Waals surface area contributed by atoms with Gasteiger partial charge in [-0.25, -0.2) is 0 Å². The van der Waals surface area contributed by atoms with E-state index in [1.54, 1.807) is 18.2 Å². The molecule has 0 bridgehead atoms. The molecule has 0 aliphatic carbocycles. The first-order chi connectivity index (χ1) is 9.54. The van der Waals surface area contributed by atoms with Crippen LogP contribution >= 0.6 is 0 Å². The highest BCUT2D eigenvalue weighted by Gasteiger charge is 2.23. The van der Waals surface area contributed by atoms with Gasteiger partial charge in [-0.2, -0.15) is 9.37 Å². The van der Waals surface area contributed by atoms with Gasteiger partial charge in [-0.3, -0.25) is 4.79 Å². The Labute approximate surface area is 118 Å². The van der Waals surface area contributed by atoms with Crippen molar-refractivity contribution in [3.63, 3.8) is 0 Å². The summed E-state index contributed by atoms with van der Waals surface area (Å²) in [7, 11) is 0. The molecule has 2 rings (SSSR count). The summed E-state index contributed by atoms with van der Waals surface area (Å²) in [6.07, 6.45) is 3.11. The minimum atomic E-state index is -0.543. The number of hydrogen-bond donors (Lipinski definition) is 0. The number of carbonyl (C=O) groups excluding carboxylic acids is 1. The Balaban J connectivity index is 1.85. The fourth-order valence-electron chi connectivity index (χ4n) is 2.16. The molecule has 1 aromatic heterocycles. The number of halogens is 1. The maximum absolute atomic E-state index is 13.0. The first-order valence-electron chi connectivity index (χ1n) is 6.77. The zero-order valence-electron chi connectivity index (χ0n) is 11.8. The van der Waals surface area contributed by atoms with Crippen molar-refractivity contribution in [3.8, 4) is 5.88 Å². The Morgan fingerprint density at radius 2 is 2.10 bits per heavy atom. The third-order valence-electron chi connectivity index (χ3n) is 3.14. The van der Waals surface area contributed by atoms with Gasteiger partial charge in [0.25, 0.3) is 0 Å². The number of carbonyl (C=O) groups is 1. The maximum atomic E-state index is 13.0. The minimum Gasteiger partial charge on any atom is -0.474 e. The Morgan fingerprint density at radius 1 is 1.40 bits per heavy atom. The molecule has 0 unspecified atom stereocenters. The predicted molar refractivity (Wildman–Crippen MR) is 73.9 cm³/mol. The van der Waals surface area contributed by atoms with Crippen LogP contribution in [0.5, 0.6) is 5.88 Å². The van der Waals surface area contributed by atoms with Crippen molar-refractivity contribution in [2.24, 2.45) is 0 Å². The van der Waals surface area contributed by atoms with Crippen molar-refractivity contribution in [1.29, 1.82) is 0 Å². The van der Waals surface area contributed by atoms with E-state index in [-0.39, 0.29) is 12.0 Å². The number of pyridine rings is 1. The molecule has 1 saturated heterocycles. The van der Waals surface area contributed by atoms with Gasteiger partial charge in [0.1, 0.15) is 6.10 Å². The Hall–Kier alpha value is -1.91. The van der Waals surface area contributed by atoms with Crippen molar-refractivity contribution in [2.75, 3.05) is 13.1 Å². The number of ether oxygens (including phenoxy) is 1. The maximum Gasteiger partial charge on any atom is 0.246 e. The second-order valence-corrected chi connectivity index (χ2v) is 5.16. The highest BCUT2D eigenvalue weighted by Crippen LogP contribution is 2.17. The molecule has 1 aromatic rings. The smallest absolute Gasteiger partial charge is 0.246 e. The lowest BCUT2D eigenvalue weighted by Gasteiger charge is -2.31. The van der Waals surface area contributed by atoms with E-state index in [0.29, 0.717) is 19.0 Å². The number of hydrogen-bond acceptors (Lipinski definition) is 3. The molecule has 0 aromatic carbocycles. The highest BCUT2D eigenvalue weighted by atomic mass is 19.1. The van der Waals surface area contributed by atoms with E-state index in [1.165, 1.54) is 6.07 Å². The molecule has 0 saturated carbocycles. The predicted octanol–water partition coefficient (Wildman–Crippen LogP) is 2.56. The minimum absolute atomic E-state index is 0.0138. The number of allylic oxidation sites excluding steroid dienone is 1. The summed E-state index contributed by atoms with van der Waals surface area (Å²) >= 11 is 0. The number of nitrogens with zero attached hydrogens (tertiary/aromatic N) is 2. The van der Waals surface area contributed by atoms with Crippen LogP contribution in [-0.4, -0.2) is 35.0 Å². The molecule has 2 heterocycles. The first kappa shape index (κ1) is 14.5. The van der Waals surface area contributed by atoms with Crippen molar-refractivity contribution in [2.45, 2.75) is 32.8 Å². The van der Waals surface area contributed by atoms with Gasteiger partial charge in [0.2, 0.25) is 17.7 Å². The van der Waals surface area contributed by atoms with E-state index >= 15 is 0 Å². The molecule has 1 aliphatic rings. The lowest BCUT2D eigenvalue weighted by atomic mass is 10.1. The summed E-state index contributed by atoms with van der Waals surface area (Å²) in [6.45, 7) is 5.12. The molecule has 1 fully saturated rings. The number of likely N-dealkylation sites (tertiary alicyclic amines) is 1. The summed E-state index contributed by atoms with van der Waals surface area (Å²) in [5.74, 6) is -0.190. The topological polar surface area (TPSA) is 42.4 Å². The standard InChI is InChI=1S/C15H19FN2O2/c1-11(2)10-15(19)18-8-6-12(7-9-18)20-14-5-3-4-13(16)17-14/h3-5,10,12H,6-9H2,1-2H3. The van der Waals surface area contributed by atoms with Crippen LogP contribution in [-0.2, 0) is 4.79 Å². The molecular weight excluding hydrogens is 259 g/mol. The second kappa shape index (κ2) is 6.50. The van der Waals surface area contributed by atoms with Gasteiger partial charge in [0, 0.05) is 38.1 Å². The molecule has 0 spiro atoms. The van der Waals surface area contributed by atoms with E-state index in [1.807, 2.05) is 18.7 Å². The second-order valence-electron chi connectivity index (χ2n) is 5.16. The van der Waals surface area contributed by atoms with Crippen molar-refractivity contribution in [3.05, 3.63) is 35.8 Å². The van der Waals surface area contributed by atoms with Gasteiger partial charge < -0.3 is 9.64 Å². The van der Waals surface area contributed by atoms with Gasteiger partial charge in [-0.15, -0.1) is 0 Å². The third-order valence-corrected chi connectivity index (χ3v) is 3.14. The SMILES string of the molecule is CC(C)=CC(=O)N1CCC(Oc2cccc(F)n2)CC1. The summed E-state index contributed by atoms with van der Waals surface area (Å²) in [4.78, 5) is 17.4. The van der Waals surface area contributed by atoms with Crippen molar-refractivity contribution < 1.29 is 13.9 Å². The average molecular weight is 278 g/mol. The quantitative estimate of drug-likeness (QED) is 0.630. The lowest BCUT2D eigenvalue weighted by Crippen LogP contribution is -2.41. The third kappa shape index (κ3) is 4.05. The van der Waals surface area contributed by atoms with E-state index in [4.69, 9.17) is 4.74 Å². The number of rotatable bonds is 3. The molecule has 108 valence electrons. The van der Waals surface area contributed by atoms with Crippen LogP contribution in [0.3, 0.4) is 0 Å². The van der Waals surface area contributed by atoms with Gasteiger partial charge in [0.15, 0.2) is 0 Å². The largest absolute Gasteiger partial charge is 0.474 e. The summed E-state index contributed by atoms with van der Waals surface area (Å²) in [6, 6.07) is 4.50. The Morgan fingerprint density at radius 3 is 2.70 bits per heavy atom. The van der Waals surface area contributed by atoms with E-state index in [9.17, 15) is 9.18 Å². The first-order valence-corrected chi connectivity index (χ1v) is 6.77. The van der Waals surface area contributed by atoms with Gasteiger partial charge in [-0.05, 0) is 19.9 Å². The molecule has 0 radical (unpaired) electrons.